The number of hydrogen-bond acceptors (Lipinski definition) is 6. The van der Waals surface area contributed by atoms with E-state index in [0.717, 1.165) is 24.7 Å². The summed E-state index contributed by atoms with van der Waals surface area (Å²) in [7, 11) is 2.38. The zero-order valence-electron chi connectivity index (χ0n) is 13.7. The average molecular weight is 328 g/mol. The molecule has 0 aromatic heterocycles. The van der Waals surface area contributed by atoms with Crippen LogP contribution in [0.1, 0.15) is 6.42 Å². The van der Waals surface area contributed by atoms with Crippen molar-refractivity contribution >= 4 is 14.5 Å². The van der Waals surface area contributed by atoms with Crippen molar-refractivity contribution < 1.29 is 18.4 Å². The third-order valence-corrected chi connectivity index (χ3v) is 6.30. The van der Waals surface area contributed by atoms with Crippen molar-refractivity contribution in [2.45, 2.75) is 18.6 Å². The molecule has 22 heavy (non-hydrogen) atoms. The Morgan fingerprint density at radius 1 is 1.05 bits per heavy atom. The van der Waals surface area contributed by atoms with Gasteiger partial charge in [-0.2, -0.15) is 0 Å². The lowest BCUT2D eigenvalue weighted by Crippen LogP contribution is -2.43. The van der Waals surface area contributed by atoms with Crippen LogP contribution in [0.4, 0.5) is 5.69 Å². The van der Waals surface area contributed by atoms with Crippen LogP contribution in [-0.2, 0) is 13.3 Å². The van der Waals surface area contributed by atoms with Gasteiger partial charge in [0.2, 0.25) is 0 Å². The van der Waals surface area contributed by atoms with Gasteiger partial charge in [0.25, 0.3) is 0 Å². The van der Waals surface area contributed by atoms with Gasteiger partial charge >= 0.3 is 8.80 Å². The number of aliphatic hydroxyl groups is 1. The molecule has 0 aliphatic heterocycles. The molecule has 1 rings (SSSR count). The molecule has 0 fully saturated rings. The quantitative estimate of drug-likeness (QED) is 0.397. The largest absolute Gasteiger partial charge is 0.500 e. The SMILES string of the molecule is CO[Si](CCCNC[C@H](O)CNc1ccccc1)(OC)OC. The second-order valence-corrected chi connectivity index (χ2v) is 8.09. The molecule has 7 heteroatoms. The lowest BCUT2D eigenvalue weighted by molar-refractivity contribution is 0.123. The summed E-state index contributed by atoms with van der Waals surface area (Å²) in [5.74, 6) is 0. The number of rotatable bonds is 12. The van der Waals surface area contributed by atoms with Gasteiger partial charge in [0.05, 0.1) is 6.10 Å². The Hall–Kier alpha value is -0.963. The van der Waals surface area contributed by atoms with Crippen LogP contribution in [0.3, 0.4) is 0 Å². The minimum absolute atomic E-state index is 0.436. The molecule has 0 saturated heterocycles. The summed E-state index contributed by atoms with van der Waals surface area (Å²) in [6, 6.07) is 10.6. The van der Waals surface area contributed by atoms with Gasteiger partial charge in [0.1, 0.15) is 0 Å². The number of nitrogens with one attached hydrogen (secondary N) is 2. The maximum Gasteiger partial charge on any atom is 0.500 e. The van der Waals surface area contributed by atoms with Gasteiger partial charge in [0, 0.05) is 46.2 Å². The normalized spacial score (nSPS) is 13.1. The third-order valence-electron chi connectivity index (χ3n) is 3.47. The van der Waals surface area contributed by atoms with Crippen LogP contribution in [0.2, 0.25) is 6.04 Å². The van der Waals surface area contributed by atoms with E-state index in [1.165, 1.54) is 0 Å². The third kappa shape index (κ3) is 6.86. The van der Waals surface area contributed by atoms with E-state index in [2.05, 4.69) is 10.6 Å². The summed E-state index contributed by atoms with van der Waals surface area (Å²) >= 11 is 0. The van der Waals surface area contributed by atoms with Gasteiger partial charge < -0.3 is 29.0 Å². The van der Waals surface area contributed by atoms with E-state index in [1.54, 1.807) is 21.3 Å². The lowest BCUT2D eigenvalue weighted by Gasteiger charge is -2.24. The first kappa shape index (κ1) is 19.1. The molecule has 126 valence electrons. The van der Waals surface area contributed by atoms with E-state index < -0.39 is 14.9 Å². The zero-order valence-corrected chi connectivity index (χ0v) is 14.7. The molecule has 0 aliphatic rings. The molecule has 0 spiro atoms. The summed E-state index contributed by atoms with van der Waals surface area (Å²) in [5.41, 5.74) is 1.01. The van der Waals surface area contributed by atoms with E-state index in [1.807, 2.05) is 30.3 Å². The Balaban J connectivity index is 2.11. The van der Waals surface area contributed by atoms with Crippen LogP contribution >= 0.6 is 0 Å². The van der Waals surface area contributed by atoms with Crippen molar-refractivity contribution in [1.82, 2.24) is 5.32 Å². The molecule has 0 unspecified atom stereocenters. The Bertz CT molecular complexity index is 382. The summed E-state index contributed by atoms with van der Waals surface area (Å²) in [4.78, 5) is 0. The Morgan fingerprint density at radius 2 is 1.68 bits per heavy atom. The van der Waals surface area contributed by atoms with Crippen LogP contribution in [0.5, 0.6) is 0 Å². The predicted molar refractivity (Wildman–Crippen MR) is 90.0 cm³/mol. The fraction of sp³-hybridized carbons (Fsp3) is 0.600. The monoisotopic (exact) mass is 328 g/mol. The topological polar surface area (TPSA) is 72.0 Å². The van der Waals surface area contributed by atoms with Gasteiger partial charge in [-0.3, -0.25) is 0 Å². The van der Waals surface area contributed by atoms with Crippen molar-refractivity contribution in [2.75, 3.05) is 46.3 Å². The van der Waals surface area contributed by atoms with Crippen LogP contribution in [0.25, 0.3) is 0 Å². The van der Waals surface area contributed by atoms with Crippen molar-refractivity contribution in [1.29, 1.82) is 0 Å². The van der Waals surface area contributed by atoms with E-state index in [9.17, 15) is 5.11 Å². The smallest absolute Gasteiger partial charge is 0.390 e. The van der Waals surface area contributed by atoms with E-state index >= 15 is 0 Å². The molecule has 1 aromatic rings. The van der Waals surface area contributed by atoms with E-state index in [4.69, 9.17) is 13.3 Å². The highest BCUT2D eigenvalue weighted by Gasteiger charge is 2.36. The molecule has 6 nitrogen and oxygen atoms in total. The molecule has 0 bridgehead atoms. The summed E-state index contributed by atoms with van der Waals surface area (Å²) in [6.45, 7) is 1.85. The molecular formula is C15H28N2O4Si. The number of anilines is 1. The summed E-state index contributed by atoms with van der Waals surface area (Å²) in [6.07, 6.45) is 0.440. The first-order valence-electron chi connectivity index (χ1n) is 7.49. The molecule has 3 N–H and O–H groups in total. The highest BCUT2D eigenvalue weighted by atomic mass is 28.4. The Morgan fingerprint density at radius 3 is 2.27 bits per heavy atom. The molecule has 0 saturated carbocycles. The molecule has 0 aliphatic carbocycles. The second kappa shape index (κ2) is 10.7. The van der Waals surface area contributed by atoms with Crippen molar-refractivity contribution in [3.63, 3.8) is 0 Å². The fourth-order valence-corrected chi connectivity index (χ4v) is 3.84. The molecular weight excluding hydrogens is 300 g/mol. The minimum Gasteiger partial charge on any atom is -0.390 e. The maximum atomic E-state index is 9.92. The molecule has 1 atom stereocenters. The lowest BCUT2D eigenvalue weighted by atomic mass is 10.3. The van der Waals surface area contributed by atoms with E-state index in [-0.39, 0.29) is 0 Å². The van der Waals surface area contributed by atoms with Crippen molar-refractivity contribution in [3.8, 4) is 0 Å². The van der Waals surface area contributed by atoms with Gasteiger partial charge in [0.15, 0.2) is 0 Å². The predicted octanol–water partition coefficient (Wildman–Crippen LogP) is 1.32. The van der Waals surface area contributed by atoms with Crippen LogP contribution in [-0.4, -0.2) is 61.0 Å². The standard InChI is InChI=1S/C15H28N2O4Si/c1-19-22(20-2,21-3)11-7-10-16-12-15(18)13-17-14-8-5-4-6-9-14/h4-6,8-9,15-18H,7,10-13H2,1-3H3/t15-/m0/s1. The average Bonchev–Trinajstić information content (AvgIpc) is 2.58. The molecule has 0 amide bonds. The number of benzene rings is 1. The van der Waals surface area contributed by atoms with Crippen LogP contribution in [0.15, 0.2) is 30.3 Å². The van der Waals surface area contributed by atoms with Crippen LogP contribution < -0.4 is 10.6 Å². The molecule has 0 radical (unpaired) electrons. The number of aliphatic hydroxyl groups excluding tert-OH is 1. The fourth-order valence-electron chi connectivity index (χ4n) is 2.12. The Labute approximate surface area is 134 Å². The Kier molecular flexibility index (Phi) is 9.29. The molecule has 1 aromatic carbocycles. The number of hydrogen-bond donors (Lipinski definition) is 3. The van der Waals surface area contributed by atoms with Crippen molar-refractivity contribution in [3.05, 3.63) is 30.3 Å². The highest BCUT2D eigenvalue weighted by molar-refractivity contribution is 6.60. The van der Waals surface area contributed by atoms with Gasteiger partial charge in [-0.25, -0.2) is 0 Å². The number of para-hydroxylation sites is 1. The summed E-state index contributed by atoms with van der Waals surface area (Å²) in [5, 5.41) is 16.3. The summed E-state index contributed by atoms with van der Waals surface area (Å²) < 4.78 is 16.1. The van der Waals surface area contributed by atoms with Crippen molar-refractivity contribution in [2.24, 2.45) is 0 Å². The zero-order chi connectivity index (χ0) is 16.3. The first-order chi connectivity index (χ1) is 10.7. The van der Waals surface area contributed by atoms with Gasteiger partial charge in [-0.15, -0.1) is 0 Å². The minimum atomic E-state index is -2.47. The first-order valence-corrected chi connectivity index (χ1v) is 9.42. The molecule has 0 heterocycles. The van der Waals surface area contributed by atoms with E-state index in [0.29, 0.717) is 13.1 Å². The highest BCUT2D eigenvalue weighted by Crippen LogP contribution is 2.14. The van der Waals surface area contributed by atoms with Gasteiger partial charge in [-0.05, 0) is 25.1 Å². The van der Waals surface area contributed by atoms with Crippen LogP contribution in [0, 0.1) is 0 Å². The maximum absolute atomic E-state index is 9.92. The second-order valence-electron chi connectivity index (χ2n) is 5.00. The van der Waals surface area contributed by atoms with Gasteiger partial charge in [-0.1, -0.05) is 18.2 Å².